The van der Waals surface area contributed by atoms with Crippen LogP contribution in [-0.4, -0.2) is 43.0 Å². The molecule has 2 rings (SSSR count). The Balaban J connectivity index is 2.51. The van der Waals surface area contributed by atoms with E-state index in [1.807, 2.05) is 0 Å². The summed E-state index contributed by atoms with van der Waals surface area (Å²) in [5.41, 5.74) is 5.80. The van der Waals surface area contributed by atoms with Gasteiger partial charge in [-0.15, -0.1) is 5.10 Å². The molecular formula is C10H13N7O2. The van der Waals surface area contributed by atoms with Crippen molar-refractivity contribution in [1.29, 1.82) is 0 Å². The lowest BCUT2D eigenvalue weighted by Gasteiger charge is -2.05. The number of rotatable bonds is 3. The van der Waals surface area contributed by atoms with Crippen LogP contribution in [0.4, 0.5) is 10.7 Å². The Bertz CT molecular complexity index is 581. The molecule has 0 aromatic carbocycles. The highest BCUT2D eigenvalue weighted by Gasteiger charge is 2.21. The zero-order valence-corrected chi connectivity index (χ0v) is 10.4. The maximum atomic E-state index is 10.9. The summed E-state index contributed by atoms with van der Waals surface area (Å²) >= 11 is 0. The summed E-state index contributed by atoms with van der Waals surface area (Å²) in [5, 5.41) is 13.0. The van der Waals surface area contributed by atoms with E-state index in [2.05, 4.69) is 20.1 Å². The molecule has 0 bridgehead atoms. The zero-order chi connectivity index (χ0) is 14.0. The molecule has 0 radical (unpaired) electrons. The van der Waals surface area contributed by atoms with Gasteiger partial charge in [0.25, 0.3) is 11.9 Å². The molecule has 0 saturated heterocycles. The molecule has 2 aromatic rings. The second-order valence-electron chi connectivity index (χ2n) is 3.86. The van der Waals surface area contributed by atoms with Gasteiger partial charge in [0.1, 0.15) is 0 Å². The summed E-state index contributed by atoms with van der Waals surface area (Å²) < 4.78 is 1.33. The van der Waals surface area contributed by atoms with Gasteiger partial charge in [-0.1, -0.05) is 0 Å². The normalized spacial score (nSPS) is 12.2. The van der Waals surface area contributed by atoms with Gasteiger partial charge in [-0.3, -0.25) is 0 Å². The maximum Gasteiger partial charge on any atom is 0.414 e. The molecule has 0 saturated carbocycles. The summed E-state index contributed by atoms with van der Waals surface area (Å²) in [4.78, 5) is 24.0. The minimum Gasteiger partial charge on any atom is -0.465 e. The van der Waals surface area contributed by atoms with Crippen LogP contribution in [0.2, 0.25) is 0 Å². The van der Waals surface area contributed by atoms with Gasteiger partial charge < -0.3 is 10.8 Å². The van der Waals surface area contributed by atoms with Crippen molar-refractivity contribution in [1.82, 2.24) is 24.7 Å². The van der Waals surface area contributed by atoms with Gasteiger partial charge in [0, 0.05) is 19.4 Å². The molecule has 1 atom stereocenters. The van der Waals surface area contributed by atoms with Crippen molar-refractivity contribution in [3.8, 4) is 5.95 Å². The van der Waals surface area contributed by atoms with Crippen LogP contribution in [0.1, 0.15) is 18.8 Å². The van der Waals surface area contributed by atoms with Gasteiger partial charge in [0.2, 0.25) is 0 Å². The van der Waals surface area contributed by atoms with Crippen LogP contribution in [0.5, 0.6) is 0 Å². The van der Waals surface area contributed by atoms with Crippen LogP contribution in [0.3, 0.4) is 0 Å². The Hall–Kier alpha value is -2.55. The first-order valence-electron chi connectivity index (χ1n) is 5.47. The van der Waals surface area contributed by atoms with E-state index in [-0.39, 0.29) is 11.9 Å². The molecule has 0 spiro atoms. The van der Waals surface area contributed by atoms with E-state index < -0.39 is 12.1 Å². The average molecular weight is 263 g/mol. The van der Waals surface area contributed by atoms with Gasteiger partial charge in [-0.2, -0.15) is 9.67 Å². The lowest BCUT2D eigenvalue weighted by Crippen LogP contribution is -2.25. The predicted molar refractivity (Wildman–Crippen MR) is 66.0 cm³/mol. The van der Waals surface area contributed by atoms with Crippen LogP contribution < -0.4 is 10.6 Å². The largest absolute Gasteiger partial charge is 0.465 e. The SMILES string of the molecule is CC(N)c1nc(N(C)C(=O)O)nn1-c1ncccn1. The van der Waals surface area contributed by atoms with E-state index in [0.29, 0.717) is 5.82 Å². The predicted octanol–water partition coefficient (Wildman–Crippen LogP) is 0.191. The summed E-state index contributed by atoms with van der Waals surface area (Å²) in [6.07, 6.45) is 1.94. The Morgan fingerprint density at radius 2 is 2.11 bits per heavy atom. The number of carboxylic acid groups (broad SMARTS) is 1. The lowest BCUT2D eigenvalue weighted by molar-refractivity contribution is 0.203. The molecule has 2 aromatic heterocycles. The summed E-state index contributed by atoms with van der Waals surface area (Å²) in [6, 6.07) is 1.23. The minimum absolute atomic E-state index is 0.0206. The third-order valence-electron chi connectivity index (χ3n) is 2.36. The maximum absolute atomic E-state index is 10.9. The van der Waals surface area contributed by atoms with Crippen LogP contribution >= 0.6 is 0 Å². The van der Waals surface area contributed by atoms with Crippen molar-refractivity contribution in [2.45, 2.75) is 13.0 Å². The summed E-state index contributed by atoms with van der Waals surface area (Å²) in [7, 11) is 1.35. The van der Waals surface area contributed by atoms with Crippen molar-refractivity contribution in [3.63, 3.8) is 0 Å². The van der Waals surface area contributed by atoms with Gasteiger partial charge in [-0.05, 0) is 13.0 Å². The summed E-state index contributed by atoms with van der Waals surface area (Å²) in [5.74, 6) is 0.689. The van der Waals surface area contributed by atoms with Gasteiger partial charge in [0.05, 0.1) is 6.04 Å². The van der Waals surface area contributed by atoms with E-state index >= 15 is 0 Å². The number of nitrogens with zero attached hydrogens (tertiary/aromatic N) is 6. The highest BCUT2D eigenvalue weighted by molar-refractivity contribution is 5.82. The number of hydrogen-bond acceptors (Lipinski definition) is 6. The van der Waals surface area contributed by atoms with E-state index in [4.69, 9.17) is 10.8 Å². The standard InChI is InChI=1S/C10H13N7O2/c1-6(11)7-14-9(16(2)10(18)19)15-17(7)8-12-4-3-5-13-8/h3-6H,11H2,1-2H3,(H,18,19). The van der Waals surface area contributed by atoms with Crippen LogP contribution in [0.15, 0.2) is 18.5 Å². The zero-order valence-electron chi connectivity index (χ0n) is 10.4. The third kappa shape index (κ3) is 2.50. The Morgan fingerprint density at radius 1 is 1.47 bits per heavy atom. The molecule has 100 valence electrons. The van der Waals surface area contributed by atoms with Crippen LogP contribution in [-0.2, 0) is 0 Å². The number of anilines is 1. The quantitative estimate of drug-likeness (QED) is 0.810. The fraction of sp³-hybridized carbons (Fsp3) is 0.300. The number of nitrogens with two attached hydrogens (primary N) is 1. The fourth-order valence-electron chi connectivity index (χ4n) is 1.38. The van der Waals surface area contributed by atoms with Crippen molar-refractivity contribution in [2.75, 3.05) is 11.9 Å². The van der Waals surface area contributed by atoms with E-state index in [1.165, 1.54) is 11.7 Å². The van der Waals surface area contributed by atoms with Crippen molar-refractivity contribution >= 4 is 12.0 Å². The van der Waals surface area contributed by atoms with Crippen molar-refractivity contribution in [3.05, 3.63) is 24.3 Å². The number of amides is 1. The van der Waals surface area contributed by atoms with Gasteiger partial charge >= 0.3 is 6.09 Å². The number of aromatic nitrogens is 5. The second kappa shape index (κ2) is 4.98. The average Bonchev–Trinajstić information content (AvgIpc) is 2.83. The van der Waals surface area contributed by atoms with E-state index in [1.54, 1.807) is 25.4 Å². The highest BCUT2D eigenvalue weighted by Crippen LogP contribution is 2.15. The van der Waals surface area contributed by atoms with Gasteiger partial charge in [0.15, 0.2) is 5.82 Å². The van der Waals surface area contributed by atoms with E-state index in [9.17, 15) is 4.79 Å². The molecule has 1 amide bonds. The second-order valence-corrected chi connectivity index (χ2v) is 3.86. The molecule has 2 heterocycles. The Labute approximate surface area is 108 Å². The third-order valence-corrected chi connectivity index (χ3v) is 2.36. The molecule has 0 aliphatic heterocycles. The molecule has 0 aliphatic carbocycles. The highest BCUT2D eigenvalue weighted by atomic mass is 16.4. The monoisotopic (exact) mass is 263 g/mol. The van der Waals surface area contributed by atoms with Crippen LogP contribution in [0.25, 0.3) is 5.95 Å². The van der Waals surface area contributed by atoms with Crippen molar-refractivity contribution < 1.29 is 9.90 Å². The molecular weight excluding hydrogens is 250 g/mol. The number of hydrogen-bond donors (Lipinski definition) is 2. The first-order valence-corrected chi connectivity index (χ1v) is 5.47. The molecule has 0 fully saturated rings. The molecule has 0 aliphatic rings. The lowest BCUT2D eigenvalue weighted by atomic mass is 10.3. The Kier molecular flexibility index (Phi) is 3.38. The van der Waals surface area contributed by atoms with Crippen molar-refractivity contribution in [2.24, 2.45) is 5.73 Å². The summed E-state index contributed by atoms with van der Waals surface area (Å²) in [6.45, 7) is 1.72. The topological polar surface area (TPSA) is 123 Å². The molecule has 9 heteroatoms. The molecule has 9 nitrogen and oxygen atoms in total. The van der Waals surface area contributed by atoms with E-state index in [0.717, 1.165) is 4.90 Å². The smallest absolute Gasteiger partial charge is 0.414 e. The van der Waals surface area contributed by atoms with Crippen LogP contribution in [0, 0.1) is 0 Å². The first kappa shape index (κ1) is 12.9. The number of carbonyl (C=O) groups is 1. The minimum atomic E-state index is -1.16. The Morgan fingerprint density at radius 3 is 2.63 bits per heavy atom. The first-order chi connectivity index (χ1) is 9.00. The molecule has 1 unspecified atom stereocenters. The molecule has 19 heavy (non-hydrogen) atoms. The van der Waals surface area contributed by atoms with Gasteiger partial charge in [-0.25, -0.2) is 19.7 Å². The fourth-order valence-corrected chi connectivity index (χ4v) is 1.38. The molecule has 3 N–H and O–H groups in total.